The molecule has 0 saturated carbocycles. The zero-order valence-electron chi connectivity index (χ0n) is 10.4. The van der Waals surface area contributed by atoms with Gasteiger partial charge in [0.2, 0.25) is 5.76 Å². The van der Waals surface area contributed by atoms with Crippen molar-refractivity contribution in [2.24, 2.45) is 0 Å². The molecule has 0 amide bonds. The van der Waals surface area contributed by atoms with Crippen molar-refractivity contribution >= 4 is 5.97 Å². The molecule has 1 heterocycles. The van der Waals surface area contributed by atoms with Crippen molar-refractivity contribution in [3.8, 4) is 11.1 Å². The number of hydrogen-bond acceptors (Lipinski definition) is 2. The molecular weight excluding hydrogens is 318 g/mol. The third kappa shape index (κ3) is 2.92. The van der Waals surface area contributed by atoms with E-state index in [9.17, 15) is 31.1 Å². The van der Waals surface area contributed by atoms with Crippen molar-refractivity contribution in [3.05, 3.63) is 47.4 Å². The molecule has 2 rings (SSSR count). The first-order valence-electron chi connectivity index (χ1n) is 5.61. The second-order valence-corrected chi connectivity index (χ2v) is 4.23. The largest absolute Gasteiger partial charge is 0.478 e. The van der Waals surface area contributed by atoms with Crippen molar-refractivity contribution in [3.63, 3.8) is 0 Å². The Labute approximate surface area is 118 Å². The third-order valence-corrected chi connectivity index (χ3v) is 2.79. The molecule has 0 fully saturated rings. The fourth-order valence-corrected chi connectivity index (χ4v) is 1.83. The summed E-state index contributed by atoms with van der Waals surface area (Å²) < 4.78 is 79.5. The lowest BCUT2D eigenvalue weighted by Crippen LogP contribution is -2.11. The van der Waals surface area contributed by atoms with Gasteiger partial charge >= 0.3 is 18.3 Å². The quantitative estimate of drug-likeness (QED) is 0.816. The van der Waals surface area contributed by atoms with Crippen LogP contribution in [0.25, 0.3) is 11.1 Å². The van der Waals surface area contributed by atoms with Gasteiger partial charge in [-0.25, -0.2) is 4.79 Å². The smallest absolute Gasteiger partial charge is 0.450 e. The van der Waals surface area contributed by atoms with Crippen LogP contribution in [0.1, 0.15) is 21.7 Å². The van der Waals surface area contributed by atoms with Crippen LogP contribution in [0, 0.1) is 0 Å². The Morgan fingerprint density at radius 1 is 0.955 bits per heavy atom. The molecule has 0 bridgehead atoms. The maximum Gasteiger partial charge on any atom is 0.450 e. The predicted molar refractivity (Wildman–Crippen MR) is 61.1 cm³/mol. The lowest BCUT2D eigenvalue weighted by atomic mass is 10.0. The van der Waals surface area contributed by atoms with Gasteiger partial charge in [0.25, 0.3) is 0 Å². The van der Waals surface area contributed by atoms with Gasteiger partial charge < -0.3 is 9.52 Å². The fourth-order valence-electron chi connectivity index (χ4n) is 1.83. The van der Waals surface area contributed by atoms with E-state index in [0.29, 0.717) is 18.4 Å². The van der Waals surface area contributed by atoms with Crippen LogP contribution >= 0.6 is 0 Å². The zero-order valence-corrected chi connectivity index (χ0v) is 10.4. The molecule has 1 aromatic carbocycles. The minimum Gasteiger partial charge on any atom is -0.478 e. The first kappa shape index (κ1) is 15.9. The van der Waals surface area contributed by atoms with E-state index in [1.807, 2.05) is 0 Å². The van der Waals surface area contributed by atoms with Gasteiger partial charge in [-0.1, -0.05) is 12.1 Å². The van der Waals surface area contributed by atoms with Gasteiger partial charge in [0, 0.05) is 5.56 Å². The Balaban J connectivity index is 2.54. The van der Waals surface area contributed by atoms with E-state index in [2.05, 4.69) is 4.42 Å². The van der Waals surface area contributed by atoms with Gasteiger partial charge in [-0.3, -0.25) is 0 Å². The molecule has 0 saturated heterocycles. The maximum absolute atomic E-state index is 12.7. The van der Waals surface area contributed by atoms with E-state index in [1.165, 1.54) is 0 Å². The lowest BCUT2D eigenvalue weighted by molar-refractivity contribution is -0.153. The minimum absolute atomic E-state index is 0.135. The summed E-state index contributed by atoms with van der Waals surface area (Å²) in [7, 11) is 0. The van der Waals surface area contributed by atoms with Crippen LogP contribution in [-0.2, 0) is 12.4 Å². The maximum atomic E-state index is 12.7. The summed E-state index contributed by atoms with van der Waals surface area (Å²) in [5, 5.41) is 8.90. The molecule has 0 atom stereocenters. The number of carboxylic acid groups (broad SMARTS) is 1. The number of furan rings is 1. The molecule has 1 aromatic heterocycles. The number of aromatic carboxylic acids is 1. The Morgan fingerprint density at radius 3 is 1.91 bits per heavy atom. The second-order valence-electron chi connectivity index (χ2n) is 4.23. The third-order valence-electron chi connectivity index (χ3n) is 2.79. The zero-order chi connectivity index (χ0) is 16.7. The summed E-state index contributed by atoms with van der Waals surface area (Å²) in [5.74, 6) is -3.61. The summed E-state index contributed by atoms with van der Waals surface area (Å²) >= 11 is 0. The van der Waals surface area contributed by atoms with Crippen LogP contribution in [-0.4, -0.2) is 11.1 Å². The van der Waals surface area contributed by atoms with E-state index in [1.54, 1.807) is 0 Å². The predicted octanol–water partition coefficient (Wildman–Crippen LogP) is 4.68. The number of halogens is 6. The summed E-state index contributed by atoms with van der Waals surface area (Å²) in [6, 6.07) is 3.03. The van der Waals surface area contributed by atoms with Gasteiger partial charge in [0.1, 0.15) is 5.56 Å². The molecule has 3 nitrogen and oxygen atoms in total. The van der Waals surface area contributed by atoms with Crippen LogP contribution in [0.2, 0.25) is 0 Å². The number of carbonyl (C=O) groups is 1. The van der Waals surface area contributed by atoms with Crippen molar-refractivity contribution < 1.29 is 40.7 Å². The molecule has 0 radical (unpaired) electrons. The Bertz CT molecular complexity index is 694. The van der Waals surface area contributed by atoms with Crippen molar-refractivity contribution in [1.29, 1.82) is 0 Å². The van der Waals surface area contributed by atoms with Crippen LogP contribution in [0.15, 0.2) is 34.9 Å². The Kier molecular flexibility index (Phi) is 3.68. The molecule has 22 heavy (non-hydrogen) atoms. The second kappa shape index (κ2) is 5.08. The van der Waals surface area contributed by atoms with Gasteiger partial charge in [-0.2, -0.15) is 26.3 Å². The summed E-state index contributed by atoms with van der Waals surface area (Å²) in [6.45, 7) is 0. The molecule has 0 aliphatic carbocycles. The molecular formula is C13H6F6O3. The highest BCUT2D eigenvalue weighted by Crippen LogP contribution is 2.39. The van der Waals surface area contributed by atoms with Crippen LogP contribution < -0.4 is 0 Å². The van der Waals surface area contributed by atoms with Crippen molar-refractivity contribution in [2.75, 3.05) is 0 Å². The van der Waals surface area contributed by atoms with Gasteiger partial charge in [0.15, 0.2) is 0 Å². The Hall–Kier alpha value is -2.45. The summed E-state index contributed by atoms with van der Waals surface area (Å²) in [4.78, 5) is 11.0. The molecule has 2 aromatic rings. The first-order valence-corrected chi connectivity index (χ1v) is 5.61. The molecule has 0 unspecified atom stereocenters. The first-order chi connectivity index (χ1) is 10.0. The number of carboxylic acids is 1. The highest BCUT2D eigenvalue weighted by molar-refractivity contribution is 5.97. The van der Waals surface area contributed by atoms with E-state index in [4.69, 9.17) is 5.11 Å². The van der Waals surface area contributed by atoms with Crippen molar-refractivity contribution in [1.82, 2.24) is 0 Å². The van der Waals surface area contributed by atoms with Crippen molar-refractivity contribution in [2.45, 2.75) is 12.4 Å². The van der Waals surface area contributed by atoms with Crippen LogP contribution in [0.4, 0.5) is 26.3 Å². The number of benzene rings is 1. The van der Waals surface area contributed by atoms with Gasteiger partial charge in [-0.15, -0.1) is 0 Å². The fraction of sp³-hybridized carbons (Fsp3) is 0.154. The molecule has 0 aliphatic heterocycles. The molecule has 1 N–H and O–H groups in total. The Morgan fingerprint density at radius 2 is 1.50 bits per heavy atom. The average molecular weight is 324 g/mol. The molecule has 118 valence electrons. The normalized spacial score (nSPS) is 12.5. The van der Waals surface area contributed by atoms with Crippen LogP contribution in [0.5, 0.6) is 0 Å². The molecule has 0 spiro atoms. The van der Waals surface area contributed by atoms with E-state index in [-0.39, 0.29) is 5.56 Å². The topological polar surface area (TPSA) is 50.4 Å². The van der Waals surface area contributed by atoms with Gasteiger partial charge in [0.05, 0.1) is 11.8 Å². The number of alkyl halides is 6. The lowest BCUT2D eigenvalue weighted by Gasteiger charge is -2.08. The van der Waals surface area contributed by atoms with E-state index in [0.717, 1.165) is 12.1 Å². The minimum atomic E-state index is -5.03. The summed E-state index contributed by atoms with van der Waals surface area (Å²) in [5.41, 5.74) is -2.74. The number of rotatable bonds is 2. The molecule has 9 heteroatoms. The highest BCUT2D eigenvalue weighted by atomic mass is 19.4. The SMILES string of the molecule is O=C(O)c1c(-c2ccc(C(F)(F)F)cc2)coc1C(F)(F)F. The number of hydrogen-bond donors (Lipinski definition) is 1. The average Bonchev–Trinajstić information content (AvgIpc) is 2.82. The molecule has 0 aliphatic rings. The van der Waals surface area contributed by atoms with E-state index < -0.39 is 40.8 Å². The monoisotopic (exact) mass is 324 g/mol. The van der Waals surface area contributed by atoms with E-state index >= 15 is 0 Å². The standard InChI is InChI=1S/C13H6F6O3/c14-12(15,16)7-3-1-6(2-4-7)8-5-22-10(13(17,18)19)9(8)11(20)21/h1-5H,(H,20,21). The summed E-state index contributed by atoms with van der Waals surface area (Å²) in [6.07, 6.45) is -9.09. The van der Waals surface area contributed by atoms with Gasteiger partial charge in [-0.05, 0) is 17.7 Å². The highest BCUT2D eigenvalue weighted by Gasteiger charge is 2.41. The van der Waals surface area contributed by atoms with Crippen LogP contribution in [0.3, 0.4) is 0 Å².